The molecule has 3 rings (SSSR count). The maximum Gasteiger partial charge on any atom is 0.271 e. The van der Waals surface area contributed by atoms with Crippen molar-refractivity contribution in [2.75, 3.05) is 16.2 Å². The number of amides is 1. The molecule has 7 heteroatoms. The van der Waals surface area contributed by atoms with Gasteiger partial charge in [0.25, 0.3) is 10.0 Å². The van der Waals surface area contributed by atoms with Crippen LogP contribution in [0.5, 0.6) is 0 Å². The normalized spacial score (nSPS) is 14.5. The van der Waals surface area contributed by atoms with E-state index >= 15 is 0 Å². The van der Waals surface area contributed by atoms with E-state index in [1.165, 1.54) is 11.3 Å². The van der Waals surface area contributed by atoms with Gasteiger partial charge in [-0.15, -0.1) is 11.3 Å². The average molecular weight is 407 g/mol. The molecule has 1 aliphatic heterocycles. The molecule has 0 aliphatic carbocycles. The number of hydrogen-bond acceptors (Lipinski definition) is 4. The molecular formula is C20H26N2O3S2. The van der Waals surface area contributed by atoms with Gasteiger partial charge in [-0.25, -0.2) is 8.42 Å². The molecule has 1 N–H and O–H groups in total. The number of carbonyl (C=O) groups excluding carboxylic acids is 1. The molecule has 0 saturated carbocycles. The summed E-state index contributed by atoms with van der Waals surface area (Å²) in [4.78, 5) is 15.2. The van der Waals surface area contributed by atoms with E-state index in [2.05, 4.69) is 18.6 Å². The molecule has 27 heavy (non-hydrogen) atoms. The van der Waals surface area contributed by atoms with Gasteiger partial charge in [0, 0.05) is 29.2 Å². The van der Waals surface area contributed by atoms with Crippen LogP contribution in [0.15, 0.2) is 34.5 Å². The van der Waals surface area contributed by atoms with Crippen molar-refractivity contribution in [3.05, 3.63) is 40.8 Å². The second kappa shape index (κ2) is 8.02. The first kappa shape index (κ1) is 19.9. The zero-order valence-electron chi connectivity index (χ0n) is 16.0. The van der Waals surface area contributed by atoms with Crippen LogP contribution < -0.4 is 9.62 Å². The van der Waals surface area contributed by atoms with E-state index in [4.69, 9.17) is 0 Å². The van der Waals surface area contributed by atoms with Crippen molar-refractivity contribution < 1.29 is 13.2 Å². The van der Waals surface area contributed by atoms with E-state index < -0.39 is 10.0 Å². The lowest BCUT2D eigenvalue weighted by Crippen LogP contribution is -2.36. The van der Waals surface area contributed by atoms with E-state index in [0.29, 0.717) is 35.2 Å². The zero-order valence-corrected chi connectivity index (χ0v) is 17.6. The number of anilines is 2. The fourth-order valence-corrected chi connectivity index (χ4v) is 5.50. The molecule has 0 saturated heterocycles. The third-order valence-corrected chi connectivity index (χ3v) is 7.81. The number of sulfonamides is 1. The molecule has 1 aromatic heterocycles. The van der Waals surface area contributed by atoms with Gasteiger partial charge in [-0.2, -0.15) is 0 Å². The number of nitrogens with one attached hydrogen (secondary N) is 1. The van der Waals surface area contributed by atoms with Crippen LogP contribution >= 0.6 is 11.3 Å². The van der Waals surface area contributed by atoms with E-state index in [1.54, 1.807) is 12.1 Å². The number of rotatable bonds is 7. The fraction of sp³-hybridized carbons (Fsp3) is 0.450. The Morgan fingerprint density at radius 2 is 1.96 bits per heavy atom. The number of fused-ring (bicyclic) bond motifs is 1. The Hall–Kier alpha value is -1.86. The Morgan fingerprint density at radius 3 is 2.63 bits per heavy atom. The summed E-state index contributed by atoms with van der Waals surface area (Å²) in [7, 11) is -3.59. The van der Waals surface area contributed by atoms with Crippen molar-refractivity contribution in [1.29, 1.82) is 0 Å². The van der Waals surface area contributed by atoms with Gasteiger partial charge < -0.3 is 4.90 Å². The van der Waals surface area contributed by atoms with Gasteiger partial charge in [-0.05, 0) is 61.1 Å². The molecule has 146 valence electrons. The monoisotopic (exact) mass is 406 g/mol. The highest BCUT2D eigenvalue weighted by atomic mass is 32.2. The van der Waals surface area contributed by atoms with Gasteiger partial charge in [0.15, 0.2) is 0 Å². The smallest absolute Gasteiger partial charge is 0.271 e. The lowest BCUT2D eigenvalue weighted by Gasteiger charge is -2.30. The van der Waals surface area contributed by atoms with Gasteiger partial charge >= 0.3 is 0 Å². The molecule has 2 aromatic rings. The van der Waals surface area contributed by atoms with Crippen LogP contribution in [0.1, 0.15) is 44.1 Å². The summed E-state index contributed by atoms with van der Waals surface area (Å²) in [6.07, 6.45) is 2.87. The highest BCUT2D eigenvalue weighted by Gasteiger charge is 2.25. The van der Waals surface area contributed by atoms with E-state index in [-0.39, 0.29) is 5.91 Å². The summed E-state index contributed by atoms with van der Waals surface area (Å²) in [5.41, 5.74) is 2.46. The van der Waals surface area contributed by atoms with Crippen molar-refractivity contribution in [2.24, 2.45) is 5.92 Å². The minimum absolute atomic E-state index is 0.141. The minimum Gasteiger partial charge on any atom is -0.312 e. The largest absolute Gasteiger partial charge is 0.312 e. The maximum atomic E-state index is 12.6. The molecule has 1 aromatic carbocycles. The molecule has 0 fully saturated rings. The molecular weight excluding hydrogens is 380 g/mol. The van der Waals surface area contributed by atoms with Crippen LogP contribution in [-0.4, -0.2) is 20.9 Å². The first-order valence-electron chi connectivity index (χ1n) is 9.35. The highest BCUT2D eigenvalue weighted by molar-refractivity contribution is 7.94. The first-order valence-corrected chi connectivity index (χ1v) is 11.6. The molecule has 1 aliphatic rings. The standard InChI is InChI=1S/C20H26N2O3S2/c1-4-17-7-10-20(26-17)27(24,25)21-16-6-8-18-15(13-16)5-9-19(23)22(18)12-11-14(2)3/h6-8,10,13-14,21H,4-5,9,11-12H2,1-3H3. The number of benzene rings is 1. The van der Waals surface area contributed by atoms with Crippen molar-refractivity contribution >= 4 is 38.6 Å². The highest BCUT2D eigenvalue weighted by Crippen LogP contribution is 2.32. The van der Waals surface area contributed by atoms with Crippen LogP contribution in [0, 0.1) is 5.92 Å². The summed E-state index contributed by atoms with van der Waals surface area (Å²) in [5, 5.41) is 0. The van der Waals surface area contributed by atoms with E-state index in [0.717, 1.165) is 29.0 Å². The maximum absolute atomic E-state index is 12.6. The van der Waals surface area contributed by atoms with Crippen LogP contribution in [0.2, 0.25) is 0 Å². The molecule has 0 bridgehead atoms. The number of aryl methyl sites for hydroxylation is 2. The number of nitrogens with zero attached hydrogens (tertiary/aromatic N) is 1. The van der Waals surface area contributed by atoms with Gasteiger partial charge in [0.1, 0.15) is 4.21 Å². The third-order valence-electron chi connectivity index (χ3n) is 4.71. The molecule has 1 amide bonds. The van der Waals surface area contributed by atoms with E-state index in [9.17, 15) is 13.2 Å². The lowest BCUT2D eigenvalue weighted by atomic mass is 9.99. The van der Waals surface area contributed by atoms with Gasteiger partial charge in [-0.3, -0.25) is 9.52 Å². The summed E-state index contributed by atoms with van der Waals surface area (Å²) in [6, 6.07) is 8.96. The summed E-state index contributed by atoms with van der Waals surface area (Å²) in [5.74, 6) is 0.662. The third kappa shape index (κ3) is 4.52. The van der Waals surface area contributed by atoms with Crippen LogP contribution in [0.25, 0.3) is 0 Å². The number of thiophene rings is 1. The Morgan fingerprint density at radius 1 is 1.19 bits per heavy atom. The van der Waals surface area contributed by atoms with Crippen molar-refractivity contribution in [1.82, 2.24) is 0 Å². The number of hydrogen-bond donors (Lipinski definition) is 1. The minimum atomic E-state index is -3.59. The Bertz CT molecular complexity index is 932. The first-order chi connectivity index (χ1) is 12.8. The molecule has 0 atom stereocenters. The van der Waals surface area contributed by atoms with Crippen LogP contribution in [0.3, 0.4) is 0 Å². The SMILES string of the molecule is CCc1ccc(S(=O)(=O)Nc2ccc3c(c2)CCC(=O)N3CCC(C)C)s1. The number of carbonyl (C=O) groups is 1. The molecule has 0 radical (unpaired) electrons. The Labute approximate surface area is 165 Å². The Kier molecular flexibility index (Phi) is 5.91. The zero-order chi connectivity index (χ0) is 19.6. The second-order valence-corrected chi connectivity index (χ2v) is 10.3. The fourth-order valence-electron chi connectivity index (χ4n) is 3.15. The average Bonchev–Trinajstić information content (AvgIpc) is 3.10. The lowest BCUT2D eigenvalue weighted by molar-refractivity contribution is -0.118. The molecule has 0 spiro atoms. The summed E-state index contributed by atoms with van der Waals surface area (Å²) < 4.78 is 28.3. The van der Waals surface area contributed by atoms with E-state index in [1.807, 2.05) is 30.0 Å². The Balaban J connectivity index is 1.82. The second-order valence-electron chi connectivity index (χ2n) is 7.25. The van der Waals surface area contributed by atoms with Crippen molar-refractivity contribution in [3.8, 4) is 0 Å². The van der Waals surface area contributed by atoms with Crippen molar-refractivity contribution in [2.45, 2.75) is 50.7 Å². The molecule has 5 nitrogen and oxygen atoms in total. The predicted octanol–water partition coefficient (Wildman–Crippen LogP) is 4.44. The molecule has 0 unspecified atom stereocenters. The van der Waals surface area contributed by atoms with Gasteiger partial charge in [0.2, 0.25) is 5.91 Å². The summed E-state index contributed by atoms with van der Waals surface area (Å²) in [6.45, 7) is 6.98. The quantitative estimate of drug-likeness (QED) is 0.739. The summed E-state index contributed by atoms with van der Waals surface area (Å²) >= 11 is 1.29. The van der Waals surface area contributed by atoms with Gasteiger partial charge in [-0.1, -0.05) is 20.8 Å². The molecule has 2 heterocycles. The predicted molar refractivity (Wildman–Crippen MR) is 111 cm³/mol. The van der Waals surface area contributed by atoms with Crippen molar-refractivity contribution in [3.63, 3.8) is 0 Å². The topological polar surface area (TPSA) is 66.5 Å². The van der Waals surface area contributed by atoms with Crippen LogP contribution in [-0.2, 0) is 27.7 Å². The van der Waals surface area contributed by atoms with Gasteiger partial charge in [0.05, 0.1) is 0 Å². The van der Waals surface area contributed by atoms with Crippen LogP contribution in [0.4, 0.5) is 11.4 Å².